The molecule has 0 heterocycles. The van der Waals surface area contributed by atoms with Crippen LogP contribution in [0.1, 0.15) is 85.2 Å². The van der Waals surface area contributed by atoms with Crippen LogP contribution in [0.5, 0.6) is 0 Å². The first kappa shape index (κ1) is 34.8. The fraction of sp³-hybridized carbons (Fsp3) is 0.531. The number of benzene rings is 2. The molecule has 0 aromatic heterocycles. The molecule has 0 aliphatic carbocycles. The number of aliphatic hydroxyl groups excluding tert-OH is 2. The number of nitrogens with zero attached hydrogens (tertiary/aromatic N) is 1. The van der Waals surface area contributed by atoms with Gasteiger partial charge in [-0.2, -0.15) is 0 Å². The van der Waals surface area contributed by atoms with Crippen LogP contribution in [0.25, 0.3) is 0 Å². The molecule has 0 saturated carbocycles. The van der Waals surface area contributed by atoms with Crippen molar-refractivity contribution in [2.75, 3.05) is 19.6 Å². The molecule has 0 aliphatic heterocycles. The molecule has 10 heteroatoms. The Bertz CT molecular complexity index is 1180. The molecule has 3 atom stereocenters. The molecule has 4 N–H and O–H groups in total. The normalized spacial score (nSPS) is 13.4. The van der Waals surface area contributed by atoms with Crippen molar-refractivity contribution in [3.05, 3.63) is 70.3 Å². The summed E-state index contributed by atoms with van der Waals surface area (Å²) < 4.78 is 27.8. The number of nitrogens with one attached hydrogen (secondary N) is 2. The van der Waals surface area contributed by atoms with E-state index in [1.165, 1.54) is 6.07 Å². The van der Waals surface area contributed by atoms with E-state index < -0.39 is 41.7 Å². The van der Waals surface area contributed by atoms with Crippen LogP contribution in [-0.2, 0) is 11.2 Å². The van der Waals surface area contributed by atoms with Crippen LogP contribution in [0.3, 0.4) is 0 Å². The quantitative estimate of drug-likeness (QED) is 0.235. The molecule has 2 rings (SSSR count). The average molecular weight is 590 g/mol. The molecule has 0 unspecified atom stereocenters. The molecule has 0 radical (unpaired) electrons. The van der Waals surface area contributed by atoms with Crippen LogP contribution >= 0.6 is 0 Å². The summed E-state index contributed by atoms with van der Waals surface area (Å²) in [6.45, 7) is 10.7. The smallest absolute Gasteiger partial charge is 0.253 e. The van der Waals surface area contributed by atoms with E-state index in [2.05, 4.69) is 10.6 Å². The Morgan fingerprint density at radius 3 is 2.07 bits per heavy atom. The molecule has 2 aromatic rings. The van der Waals surface area contributed by atoms with Gasteiger partial charge in [-0.25, -0.2) is 8.78 Å². The van der Waals surface area contributed by atoms with Gasteiger partial charge >= 0.3 is 0 Å². The average Bonchev–Trinajstić information content (AvgIpc) is 2.90. The number of carbonyl (C=O) groups is 3. The van der Waals surface area contributed by atoms with Gasteiger partial charge in [0.15, 0.2) is 0 Å². The van der Waals surface area contributed by atoms with Crippen molar-refractivity contribution in [2.24, 2.45) is 5.92 Å². The molecular weight excluding hydrogens is 544 g/mol. The van der Waals surface area contributed by atoms with Gasteiger partial charge in [0.1, 0.15) is 17.7 Å². The molecule has 0 saturated heterocycles. The van der Waals surface area contributed by atoms with Gasteiger partial charge in [-0.15, -0.1) is 0 Å². The van der Waals surface area contributed by atoms with E-state index >= 15 is 0 Å². The Kier molecular flexibility index (Phi) is 14.0. The predicted octanol–water partition coefficient (Wildman–Crippen LogP) is 4.15. The summed E-state index contributed by atoms with van der Waals surface area (Å²) in [6, 6.07) is 6.85. The van der Waals surface area contributed by atoms with Crippen LogP contribution in [0.15, 0.2) is 36.4 Å². The largest absolute Gasteiger partial charge is 0.391 e. The molecule has 0 aliphatic rings. The SMILES string of the molecule is CCCN(CCC)C(=O)c1cc(C)cc(C(=O)N[C@@H](Cc2cc(F)cc(F)c2)[C@H](O)CCNC(=O)[C@@H](O)CC(C)C)c1. The van der Waals surface area contributed by atoms with E-state index in [0.29, 0.717) is 24.2 Å². The molecule has 232 valence electrons. The van der Waals surface area contributed by atoms with E-state index in [1.807, 2.05) is 27.7 Å². The molecule has 0 spiro atoms. The van der Waals surface area contributed by atoms with E-state index in [9.17, 15) is 33.4 Å². The van der Waals surface area contributed by atoms with Gasteiger partial charge in [-0.1, -0.05) is 27.7 Å². The van der Waals surface area contributed by atoms with Gasteiger partial charge in [-0.3, -0.25) is 14.4 Å². The monoisotopic (exact) mass is 589 g/mol. The molecule has 3 amide bonds. The van der Waals surface area contributed by atoms with Crippen LogP contribution < -0.4 is 10.6 Å². The van der Waals surface area contributed by atoms with Crippen molar-refractivity contribution < 1.29 is 33.4 Å². The highest BCUT2D eigenvalue weighted by molar-refractivity contribution is 6.00. The minimum Gasteiger partial charge on any atom is -0.391 e. The lowest BCUT2D eigenvalue weighted by Crippen LogP contribution is -2.46. The molecule has 0 fully saturated rings. The zero-order chi connectivity index (χ0) is 31.4. The number of aliphatic hydroxyl groups is 2. The summed E-state index contributed by atoms with van der Waals surface area (Å²) in [4.78, 5) is 40.5. The number of aryl methyl sites for hydroxylation is 1. The fourth-order valence-corrected chi connectivity index (χ4v) is 4.81. The second-order valence-corrected chi connectivity index (χ2v) is 11.2. The third kappa shape index (κ3) is 11.1. The number of hydrogen-bond donors (Lipinski definition) is 4. The van der Waals surface area contributed by atoms with Crippen molar-refractivity contribution in [2.45, 2.75) is 85.0 Å². The van der Waals surface area contributed by atoms with Gasteiger partial charge in [0.2, 0.25) is 5.91 Å². The second kappa shape index (κ2) is 16.9. The van der Waals surface area contributed by atoms with Crippen LogP contribution in [0.2, 0.25) is 0 Å². The summed E-state index contributed by atoms with van der Waals surface area (Å²) in [7, 11) is 0. The highest BCUT2D eigenvalue weighted by Gasteiger charge is 2.25. The molecular formula is C32H45F2N3O5. The van der Waals surface area contributed by atoms with Crippen molar-refractivity contribution in [1.29, 1.82) is 0 Å². The Balaban J connectivity index is 2.25. The number of hydrogen-bond acceptors (Lipinski definition) is 5. The minimum atomic E-state index is -1.21. The standard InChI is InChI=1S/C32H45F2N3O5/c1-6-10-37(11-7-2)32(42)24-14-21(5)13-23(18-24)30(40)36-27(17-22-15-25(33)19-26(34)16-22)28(38)8-9-35-31(41)29(39)12-20(3)4/h13-16,18-20,27-29,38-39H,6-12,17H2,1-5H3,(H,35,41)(H,36,40)/t27-,28+,29-/m0/s1. The van der Waals surface area contributed by atoms with E-state index in [-0.39, 0.29) is 48.8 Å². The summed E-state index contributed by atoms with van der Waals surface area (Å²) in [6.07, 6.45) is -0.610. The van der Waals surface area contributed by atoms with Crippen LogP contribution in [-0.4, -0.2) is 70.7 Å². The lowest BCUT2D eigenvalue weighted by Gasteiger charge is -2.25. The van der Waals surface area contributed by atoms with Gasteiger partial charge in [0.25, 0.3) is 11.8 Å². The van der Waals surface area contributed by atoms with Crippen molar-refractivity contribution in [3.63, 3.8) is 0 Å². The molecule has 0 bridgehead atoms. The summed E-state index contributed by atoms with van der Waals surface area (Å²) in [5, 5.41) is 26.4. The van der Waals surface area contributed by atoms with Crippen molar-refractivity contribution in [1.82, 2.24) is 15.5 Å². The highest BCUT2D eigenvalue weighted by Crippen LogP contribution is 2.17. The lowest BCUT2D eigenvalue weighted by atomic mass is 9.97. The second-order valence-electron chi connectivity index (χ2n) is 11.2. The summed E-state index contributed by atoms with van der Waals surface area (Å²) in [5.74, 6) is -2.79. The first-order chi connectivity index (χ1) is 19.8. The maximum Gasteiger partial charge on any atom is 0.253 e. The summed E-state index contributed by atoms with van der Waals surface area (Å²) >= 11 is 0. The first-order valence-electron chi connectivity index (χ1n) is 14.6. The lowest BCUT2D eigenvalue weighted by molar-refractivity contribution is -0.130. The third-order valence-corrected chi connectivity index (χ3v) is 6.76. The van der Waals surface area contributed by atoms with Gasteiger partial charge in [0, 0.05) is 36.8 Å². The number of amides is 3. The number of rotatable bonds is 16. The Labute approximate surface area is 247 Å². The predicted molar refractivity (Wildman–Crippen MR) is 158 cm³/mol. The number of halogens is 2. The van der Waals surface area contributed by atoms with Crippen LogP contribution in [0, 0.1) is 24.5 Å². The minimum absolute atomic E-state index is 0.00340. The number of carbonyl (C=O) groups excluding carboxylic acids is 3. The fourth-order valence-electron chi connectivity index (χ4n) is 4.81. The van der Waals surface area contributed by atoms with E-state index in [1.54, 1.807) is 24.0 Å². The maximum atomic E-state index is 13.9. The Morgan fingerprint density at radius 2 is 1.50 bits per heavy atom. The zero-order valence-electron chi connectivity index (χ0n) is 25.3. The first-order valence-corrected chi connectivity index (χ1v) is 14.6. The van der Waals surface area contributed by atoms with E-state index in [0.717, 1.165) is 31.0 Å². The highest BCUT2D eigenvalue weighted by atomic mass is 19.1. The molecule has 2 aromatic carbocycles. The van der Waals surface area contributed by atoms with Gasteiger partial charge in [0.05, 0.1) is 12.1 Å². The summed E-state index contributed by atoms with van der Waals surface area (Å²) in [5.41, 5.74) is 1.50. The van der Waals surface area contributed by atoms with E-state index in [4.69, 9.17) is 0 Å². The van der Waals surface area contributed by atoms with Crippen molar-refractivity contribution in [3.8, 4) is 0 Å². The van der Waals surface area contributed by atoms with Crippen LogP contribution in [0.4, 0.5) is 8.78 Å². The molecule has 42 heavy (non-hydrogen) atoms. The molecule has 8 nitrogen and oxygen atoms in total. The van der Waals surface area contributed by atoms with Crippen molar-refractivity contribution >= 4 is 17.7 Å². The van der Waals surface area contributed by atoms with Gasteiger partial charge in [-0.05, 0) is 86.4 Å². The van der Waals surface area contributed by atoms with Gasteiger partial charge < -0.3 is 25.7 Å². The zero-order valence-corrected chi connectivity index (χ0v) is 25.3. The topological polar surface area (TPSA) is 119 Å². The Hall–Kier alpha value is -3.37. The maximum absolute atomic E-state index is 13.9. The Morgan fingerprint density at radius 1 is 0.905 bits per heavy atom. The third-order valence-electron chi connectivity index (χ3n) is 6.76.